The summed E-state index contributed by atoms with van der Waals surface area (Å²) in [6.07, 6.45) is 6.35. The normalized spacial score (nSPS) is 21.1. The van der Waals surface area contributed by atoms with Crippen LogP contribution < -0.4 is 5.73 Å². The van der Waals surface area contributed by atoms with Gasteiger partial charge in [-0.25, -0.2) is 0 Å². The molecule has 1 aromatic rings. The summed E-state index contributed by atoms with van der Waals surface area (Å²) in [7, 11) is 0. The van der Waals surface area contributed by atoms with Crippen molar-refractivity contribution in [2.24, 2.45) is 11.7 Å². The average Bonchev–Trinajstić information content (AvgIpc) is 2.87. The Morgan fingerprint density at radius 3 is 3.00 bits per heavy atom. The Hall–Kier alpha value is -0.380. The molecule has 2 rings (SSSR count). The fourth-order valence-corrected chi connectivity index (χ4v) is 3.04. The summed E-state index contributed by atoms with van der Waals surface area (Å²) < 4.78 is 6.82. The van der Waals surface area contributed by atoms with E-state index in [2.05, 4.69) is 40.2 Å². The van der Waals surface area contributed by atoms with Crippen molar-refractivity contribution in [2.45, 2.75) is 38.2 Å². The van der Waals surface area contributed by atoms with Crippen LogP contribution in [0.15, 0.2) is 28.7 Å². The smallest absolute Gasteiger partial charge is 0.0576 e. The molecule has 1 aromatic carbocycles. The summed E-state index contributed by atoms with van der Waals surface area (Å²) in [5.74, 6) is 0.573. The molecule has 1 fully saturated rings. The van der Waals surface area contributed by atoms with Crippen molar-refractivity contribution in [1.29, 1.82) is 0 Å². The van der Waals surface area contributed by atoms with Crippen molar-refractivity contribution in [2.75, 3.05) is 13.2 Å². The maximum atomic E-state index is 5.89. The maximum absolute atomic E-state index is 5.89. The lowest BCUT2D eigenvalue weighted by Crippen LogP contribution is -2.19. The van der Waals surface area contributed by atoms with Crippen LogP contribution >= 0.6 is 15.9 Å². The van der Waals surface area contributed by atoms with Gasteiger partial charge >= 0.3 is 0 Å². The van der Waals surface area contributed by atoms with Gasteiger partial charge in [-0.2, -0.15) is 0 Å². The van der Waals surface area contributed by atoms with Crippen molar-refractivity contribution in [3.63, 3.8) is 0 Å². The molecular weight excluding hydrogens is 290 g/mol. The van der Waals surface area contributed by atoms with Crippen LogP contribution in [-0.2, 0) is 11.2 Å². The number of halogens is 1. The van der Waals surface area contributed by atoms with Gasteiger partial charge in [0.25, 0.3) is 0 Å². The van der Waals surface area contributed by atoms with Gasteiger partial charge in [0, 0.05) is 11.1 Å². The van der Waals surface area contributed by atoms with Crippen LogP contribution in [0.1, 0.15) is 31.2 Å². The number of benzene rings is 1. The minimum atomic E-state index is 0.488. The van der Waals surface area contributed by atoms with Crippen molar-refractivity contribution in [1.82, 2.24) is 0 Å². The molecule has 0 aromatic heterocycles. The molecular formula is C15H22BrNO. The first-order valence-corrected chi connectivity index (χ1v) is 7.63. The highest BCUT2D eigenvalue weighted by Gasteiger charge is 2.17. The predicted molar refractivity (Wildman–Crippen MR) is 78.6 cm³/mol. The third-order valence-electron chi connectivity index (χ3n) is 3.67. The Morgan fingerprint density at radius 2 is 2.33 bits per heavy atom. The second-order valence-corrected chi connectivity index (χ2v) is 6.06. The number of nitrogens with two attached hydrogens (primary N) is 1. The first-order valence-electron chi connectivity index (χ1n) is 6.84. The van der Waals surface area contributed by atoms with E-state index < -0.39 is 0 Å². The van der Waals surface area contributed by atoms with Crippen LogP contribution in [0.3, 0.4) is 0 Å². The fourth-order valence-electron chi connectivity index (χ4n) is 2.59. The third kappa shape index (κ3) is 4.38. The molecule has 1 heterocycles. The molecule has 2 unspecified atom stereocenters. The molecule has 0 saturated carbocycles. The van der Waals surface area contributed by atoms with Crippen molar-refractivity contribution < 1.29 is 4.74 Å². The largest absolute Gasteiger partial charge is 0.378 e. The first-order chi connectivity index (χ1) is 8.78. The summed E-state index contributed by atoms with van der Waals surface area (Å²) in [6, 6.07) is 8.52. The lowest BCUT2D eigenvalue weighted by molar-refractivity contribution is 0.0983. The van der Waals surface area contributed by atoms with E-state index in [-0.39, 0.29) is 0 Å². The van der Waals surface area contributed by atoms with Gasteiger partial charge < -0.3 is 10.5 Å². The van der Waals surface area contributed by atoms with E-state index in [1.54, 1.807) is 0 Å². The quantitative estimate of drug-likeness (QED) is 0.872. The SMILES string of the molecule is NCC(CCC1CCCO1)Cc1cccc(Br)c1. The molecule has 18 heavy (non-hydrogen) atoms. The Balaban J connectivity index is 1.81. The summed E-state index contributed by atoms with van der Waals surface area (Å²) in [5, 5.41) is 0. The molecule has 2 N–H and O–H groups in total. The lowest BCUT2D eigenvalue weighted by Gasteiger charge is -2.17. The van der Waals surface area contributed by atoms with Crippen LogP contribution in [0.25, 0.3) is 0 Å². The van der Waals surface area contributed by atoms with Gasteiger partial charge in [-0.15, -0.1) is 0 Å². The van der Waals surface area contributed by atoms with E-state index in [0.717, 1.165) is 30.5 Å². The van der Waals surface area contributed by atoms with E-state index >= 15 is 0 Å². The van der Waals surface area contributed by atoms with Crippen LogP contribution in [0.4, 0.5) is 0 Å². The first kappa shape index (κ1) is 14.0. The summed E-state index contributed by atoms with van der Waals surface area (Å²) in [5.41, 5.74) is 7.26. The zero-order valence-corrected chi connectivity index (χ0v) is 12.4. The summed E-state index contributed by atoms with van der Waals surface area (Å²) in [6.45, 7) is 1.71. The van der Waals surface area contributed by atoms with E-state index in [9.17, 15) is 0 Å². The van der Waals surface area contributed by atoms with Crippen molar-refractivity contribution in [3.05, 3.63) is 34.3 Å². The lowest BCUT2D eigenvalue weighted by atomic mass is 9.93. The topological polar surface area (TPSA) is 35.2 Å². The molecule has 1 aliphatic rings. The number of ether oxygens (including phenoxy) is 1. The molecule has 0 spiro atoms. The van der Waals surface area contributed by atoms with Gasteiger partial charge in [-0.1, -0.05) is 28.1 Å². The minimum Gasteiger partial charge on any atom is -0.378 e. The zero-order chi connectivity index (χ0) is 12.8. The molecule has 0 bridgehead atoms. The van der Waals surface area contributed by atoms with Gasteiger partial charge in [0.1, 0.15) is 0 Å². The zero-order valence-electron chi connectivity index (χ0n) is 10.8. The highest BCUT2D eigenvalue weighted by Crippen LogP contribution is 2.22. The highest BCUT2D eigenvalue weighted by molar-refractivity contribution is 9.10. The summed E-state index contributed by atoms with van der Waals surface area (Å²) >= 11 is 3.52. The number of rotatable bonds is 6. The van der Waals surface area contributed by atoms with Crippen LogP contribution in [0, 0.1) is 5.92 Å². The van der Waals surface area contributed by atoms with E-state index in [4.69, 9.17) is 10.5 Å². The molecule has 2 atom stereocenters. The molecule has 2 nitrogen and oxygen atoms in total. The predicted octanol–water partition coefficient (Wildman–Crippen LogP) is 3.53. The number of hydrogen-bond acceptors (Lipinski definition) is 2. The van der Waals surface area contributed by atoms with Crippen molar-refractivity contribution in [3.8, 4) is 0 Å². The van der Waals surface area contributed by atoms with E-state index in [1.165, 1.54) is 24.8 Å². The van der Waals surface area contributed by atoms with Gasteiger partial charge in [0.05, 0.1) is 6.10 Å². The van der Waals surface area contributed by atoms with Crippen LogP contribution in [0.2, 0.25) is 0 Å². The molecule has 100 valence electrons. The Morgan fingerprint density at radius 1 is 1.44 bits per heavy atom. The van der Waals surface area contributed by atoms with Crippen molar-refractivity contribution >= 4 is 15.9 Å². The van der Waals surface area contributed by atoms with E-state index in [1.807, 2.05) is 0 Å². The van der Waals surface area contributed by atoms with Gasteiger partial charge in [0.15, 0.2) is 0 Å². The fraction of sp³-hybridized carbons (Fsp3) is 0.600. The number of hydrogen-bond donors (Lipinski definition) is 1. The minimum absolute atomic E-state index is 0.488. The third-order valence-corrected chi connectivity index (χ3v) is 4.16. The van der Waals surface area contributed by atoms with Crippen LogP contribution in [-0.4, -0.2) is 19.3 Å². The second-order valence-electron chi connectivity index (χ2n) is 5.15. The van der Waals surface area contributed by atoms with Gasteiger partial charge in [-0.3, -0.25) is 0 Å². The summed E-state index contributed by atoms with van der Waals surface area (Å²) in [4.78, 5) is 0. The Bertz CT molecular complexity index is 363. The molecule has 1 saturated heterocycles. The monoisotopic (exact) mass is 311 g/mol. The second kappa shape index (κ2) is 7.27. The van der Waals surface area contributed by atoms with Gasteiger partial charge in [0.2, 0.25) is 0 Å². The standard InChI is InChI=1S/C15H22BrNO/c16-14-4-1-3-12(10-14)9-13(11-17)6-7-15-5-2-8-18-15/h1,3-4,10,13,15H,2,5-9,11,17H2. The highest BCUT2D eigenvalue weighted by atomic mass is 79.9. The molecule has 0 amide bonds. The van der Waals surface area contributed by atoms with E-state index in [0.29, 0.717) is 12.0 Å². The van der Waals surface area contributed by atoms with Gasteiger partial charge in [-0.05, 0) is 62.3 Å². The Kier molecular flexibility index (Phi) is 5.67. The molecule has 1 aliphatic heterocycles. The average molecular weight is 312 g/mol. The molecule has 0 aliphatic carbocycles. The molecule has 0 radical (unpaired) electrons. The Labute approximate surface area is 118 Å². The maximum Gasteiger partial charge on any atom is 0.0576 e. The van der Waals surface area contributed by atoms with Crippen LogP contribution in [0.5, 0.6) is 0 Å². The molecule has 3 heteroatoms.